The van der Waals surface area contributed by atoms with Crippen molar-refractivity contribution in [3.05, 3.63) is 53.9 Å². The van der Waals surface area contributed by atoms with Crippen molar-refractivity contribution in [3.8, 4) is 6.07 Å². The summed E-state index contributed by atoms with van der Waals surface area (Å²) in [6.07, 6.45) is 1.86. The molecule has 0 aliphatic carbocycles. The minimum absolute atomic E-state index is 0.517. The first kappa shape index (κ1) is 14.0. The van der Waals surface area contributed by atoms with E-state index >= 15 is 0 Å². The van der Waals surface area contributed by atoms with E-state index in [-0.39, 0.29) is 0 Å². The zero-order chi connectivity index (χ0) is 14.5. The van der Waals surface area contributed by atoms with Crippen LogP contribution >= 0.6 is 0 Å². The summed E-state index contributed by atoms with van der Waals surface area (Å²) >= 11 is 0. The van der Waals surface area contributed by atoms with E-state index in [1.54, 1.807) is 12.3 Å². The van der Waals surface area contributed by atoms with Crippen LogP contribution < -0.4 is 4.90 Å². The number of rotatable bonds is 4. The van der Waals surface area contributed by atoms with E-state index in [4.69, 9.17) is 5.26 Å². The van der Waals surface area contributed by atoms with Crippen LogP contribution in [0.2, 0.25) is 0 Å². The largest absolute Gasteiger partial charge is 0.387 e. The molecule has 0 radical (unpaired) electrons. The lowest BCUT2D eigenvalue weighted by Gasteiger charge is -2.20. The number of benzene rings is 1. The molecular formula is C16H17N3O. The van der Waals surface area contributed by atoms with Crippen LogP contribution in [0.5, 0.6) is 0 Å². The van der Waals surface area contributed by atoms with Gasteiger partial charge in [0.1, 0.15) is 0 Å². The number of aromatic nitrogens is 1. The molecule has 4 heteroatoms. The molecule has 0 bridgehead atoms. The third kappa shape index (κ3) is 2.95. The van der Waals surface area contributed by atoms with E-state index in [0.29, 0.717) is 17.7 Å². The summed E-state index contributed by atoms with van der Waals surface area (Å²) in [5.41, 5.74) is 3.14. The van der Waals surface area contributed by atoms with Crippen LogP contribution in [0.4, 0.5) is 11.4 Å². The zero-order valence-electron chi connectivity index (χ0n) is 11.6. The van der Waals surface area contributed by atoms with Crippen LogP contribution in [-0.2, 0) is 0 Å². The number of anilines is 2. The van der Waals surface area contributed by atoms with Crippen LogP contribution in [0.3, 0.4) is 0 Å². The number of pyridine rings is 1. The van der Waals surface area contributed by atoms with Crippen LogP contribution in [0.25, 0.3) is 0 Å². The van der Waals surface area contributed by atoms with Crippen LogP contribution in [-0.4, -0.2) is 17.1 Å². The van der Waals surface area contributed by atoms with E-state index in [9.17, 15) is 5.11 Å². The molecule has 102 valence electrons. The van der Waals surface area contributed by atoms with Crippen molar-refractivity contribution in [1.29, 1.82) is 5.26 Å². The van der Waals surface area contributed by atoms with Gasteiger partial charge in [-0.1, -0.05) is 13.0 Å². The lowest BCUT2D eigenvalue weighted by Crippen LogP contribution is -2.10. The molecule has 1 N–H and O–H groups in total. The van der Waals surface area contributed by atoms with Crippen molar-refractivity contribution in [2.75, 3.05) is 11.9 Å². The first-order chi connectivity index (χ1) is 9.65. The minimum Gasteiger partial charge on any atom is -0.387 e. The van der Waals surface area contributed by atoms with Gasteiger partial charge < -0.3 is 10.0 Å². The number of nitriles is 1. The molecule has 0 aliphatic rings. The van der Waals surface area contributed by atoms with Crippen molar-refractivity contribution in [3.63, 3.8) is 0 Å². The second-order valence-electron chi connectivity index (χ2n) is 4.59. The monoisotopic (exact) mass is 267 g/mol. The smallest absolute Gasteiger partial charge is 0.0992 e. The summed E-state index contributed by atoms with van der Waals surface area (Å²) in [6.45, 7) is 1.92. The van der Waals surface area contributed by atoms with Gasteiger partial charge in [-0.3, -0.25) is 4.98 Å². The maximum atomic E-state index is 9.73. The lowest BCUT2D eigenvalue weighted by atomic mass is 10.1. The third-order valence-corrected chi connectivity index (χ3v) is 3.25. The molecule has 0 amide bonds. The molecular weight excluding hydrogens is 250 g/mol. The third-order valence-electron chi connectivity index (χ3n) is 3.25. The molecule has 20 heavy (non-hydrogen) atoms. The van der Waals surface area contributed by atoms with Crippen LogP contribution in [0, 0.1) is 11.3 Å². The van der Waals surface area contributed by atoms with Gasteiger partial charge in [-0.2, -0.15) is 5.26 Å². The van der Waals surface area contributed by atoms with Crippen molar-refractivity contribution in [2.24, 2.45) is 0 Å². The molecule has 1 atom stereocenters. The summed E-state index contributed by atoms with van der Waals surface area (Å²) in [5, 5.41) is 18.7. The first-order valence-corrected chi connectivity index (χ1v) is 6.53. The van der Waals surface area contributed by atoms with E-state index in [0.717, 1.165) is 11.4 Å². The van der Waals surface area contributed by atoms with Gasteiger partial charge in [-0.15, -0.1) is 0 Å². The highest BCUT2D eigenvalue weighted by Crippen LogP contribution is 2.24. The molecule has 1 heterocycles. The molecule has 1 unspecified atom stereocenters. The summed E-state index contributed by atoms with van der Waals surface area (Å²) < 4.78 is 0. The number of nitrogens with zero attached hydrogens (tertiary/aromatic N) is 3. The van der Waals surface area contributed by atoms with Gasteiger partial charge in [0, 0.05) is 12.7 Å². The Hall–Kier alpha value is -2.38. The Labute approximate surface area is 118 Å². The Kier molecular flexibility index (Phi) is 4.34. The Bertz CT molecular complexity index is 616. The van der Waals surface area contributed by atoms with E-state index < -0.39 is 6.10 Å². The van der Waals surface area contributed by atoms with Gasteiger partial charge in [0.15, 0.2) is 0 Å². The second kappa shape index (κ2) is 6.18. The molecule has 0 fully saturated rings. The topological polar surface area (TPSA) is 60.1 Å². The summed E-state index contributed by atoms with van der Waals surface area (Å²) in [4.78, 5) is 6.24. The second-order valence-corrected chi connectivity index (χ2v) is 4.59. The van der Waals surface area contributed by atoms with Gasteiger partial charge in [0.05, 0.1) is 35.3 Å². The van der Waals surface area contributed by atoms with E-state index in [2.05, 4.69) is 11.1 Å². The maximum absolute atomic E-state index is 9.73. The standard InChI is InChI=1S/C16H17N3O/c1-3-16(20)15-8-7-14(11-18-15)19(2)13-6-4-5-12(9-13)10-17/h4-9,11,16,20H,3H2,1-2H3. The zero-order valence-corrected chi connectivity index (χ0v) is 11.6. The number of hydrogen-bond acceptors (Lipinski definition) is 4. The quantitative estimate of drug-likeness (QED) is 0.924. The first-order valence-electron chi connectivity index (χ1n) is 6.53. The van der Waals surface area contributed by atoms with Crippen molar-refractivity contribution in [2.45, 2.75) is 19.4 Å². The molecule has 0 saturated heterocycles. The van der Waals surface area contributed by atoms with Gasteiger partial charge in [0.25, 0.3) is 0 Å². The van der Waals surface area contributed by atoms with Crippen molar-refractivity contribution < 1.29 is 5.11 Å². The minimum atomic E-state index is -0.517. The fourth-order valence-corrected chi connectivity index (χ4v) is 1.94. The molecule has 1 aromatic heterocycles. The Balaban J connectivity index is 2.24. The average Bonchev–Trinajstić information content (AvgIpc) is 2.53. The number of hydrogen-bond donors (Lipinski definition) is 1. The Morgan fingerprint density at radius 2 is 2.10 bits per heavy atom. The highest BCUT2D eigenvalue weighted by molar-refractivity contribution is 5.63. The average molecular weight is 267 g/mol. The van der Waals surface area contributed by atoms with Crippen molar-refractivity contribution in [1.82, 2.24) is 4.98 Å². The molecule has 0 aliphatic heterocycles. The highest BCUT2D eigenvalue weighted by atomic mass is 16.3. The lowest BCUT2D eigenvalue weighted by molar-refractivity contribution is 0.169. The predicted molar refractivity (Wildman–Crippen MR) is 78.7 cm³/mol. The Morgan fingerprint density at radius 3 is 2.70 bits per heavy atom. The highest BCUT2D eigenvalue weighted by Gasteiger charge is 2.09. The fraction of sp³-hybridized carbons (Fsp3) is 0.250. The predicted octanol–water partition coefficient (Wildman–Crippen LogP) is 3.16. The summed E-state index contributed by atoms with van der Waals surface area (Å²) in [7, 11) is 1.92. The molecule has 2 rings (SSSR count). The molecule has 1 aromatic carbocycles. The number of aliphatic hydroxyl groups excluding tert-OH is 1. The van der Waals surface area contributed by atoms with Crippen LogP contribution in [0.15, 0.2) is 42.6 Å². The molecule has 4 nitrogen and oxygen atoms in total. The van der Waals surface area contributed by atoms with Gasteiger partial charge in [-0.25, -0.2) is 0 Å². The van der Waals surface area contributed by atoms with Gasteiger partial charge >= 0.3 is 0 Å². The van der Waals surface area contributed by atoms with Gasteiger partial charge in [-0.05, 0) is 36.8 Å². The summed E-state index contributed by atoms with van der Waals surface area (Å²) in [5.74, 6) is 0. The fourth-order valence-electron chi connectivity index (χ4n) is 1.94. The molecule has 2 aromatic rings. The molecule has 0 spiro atoms. The number of aliphatic hydroxyl groups is 1. The SMILES string of the molecule is CCC(O)c1ccc(N(C)c2cccc(C#N)c2)cn1. The van der Waals surface area contributed by atoms with Crippen molar-refractivity contribution >= 4 is 11.4 Å². The Morgan fingerprint density at radius 1 is 1.30 bits per heavy atom. The maximum Gasteiger partial charge on any atom is 0.0992 e. The van der Waals surface area contributed by atoms with Gasteiger partial charge in [0.2, 0.25) is 0 Å². The van der Waals surface area contributed by atoms with E-state index in [1.807, 2.05) is 49.2 Å². The molecule has 0 saturated carbocycles. The van der Waals surface area contributed by atoms with E-state index in [1.165, 1.54) is 0 Å². The van der Waals surface area contributed by atoms with Crippen LogP contribution in [0.1, 0.15) is 30.7 Å². The normalized spacial score (nSPS) is 11.7. The summed E-state index contributed by atoms with van der Waals surface area (Å²) in [6, 6.07) is 13.3.